The van der Waals surface area contributed by atoms with Gasteiger partial charge in [-0.1, -0.05) is 43.2 Å². The fourth-order valence-corrected chi connectivity index (χ4v) is 4.17. The first-order valence-electron chi connectivity index (χ1n) is 9.84. The van der Waals surface area contributed by atoms with E-state index in [4.69, 9.17) is 19.4 Å². The summed E-state index contributed by atoms with van der Waals surface area (Å²) in [5.41, 5.74) is 1.95. The van der Waals surface area contributed by atoms with Crippen molar-refractivity contribution in [2.45, 2.75) is 70.5 Å². The molecule has 4 nitrogen and oxygen atoms in total. The van der Waals surface area contributed by atoms with Gasteiger partial charge in [-0.3, -0.25) is 5.21 Å². The van der Waals surface area contributed by atoms with Crippen molar-refractivity contribution < 1.29 is 25.6 Å². The van der Waals surface area contributed by atoms with E-state index in [1.807, 2.05) is 43.3 Å². The van der Waals surface area contributed by atoms with Crippen LogP contribution in [0.15, 0.2) is 30.3 Å². The van der Waals surface area contributed by atoms with Gasteiger partial charge >= 0.3 is 34.5 Å². The zero-order valence-corrected chi connectivity index (χ0v) is 20.7. The maximum atomic E-state index is 9.81. The predicted octanol–water partition coefficient (Wildman–Crippen LogP) is 6.09. The molecule has 4 atom stereocenters. The summed E-state index contributed by atoms with van der Waals surface area (Å²) in [4.78, 5) is 0. The van der Waals surface area contributed by atoms with Crippen LogP contribution in [0, 0.1) is 5.92 Å². The monoisotopic (exact) mass is 464 g/mol. The van der Waals surface area contributed by atoms with Crippen molar-refractivity contribution in [3.63, 3.8) is 0 Å². The maximum absolute atomic E-state index is 9.81. The molecule has 1 aliphatic carbocycles. The Kier molecular flexibility index (Phi) is 10.1. The van der Waals surface area contributed by atoms with Crippen LogP contribution in [-0.4, -0.2) is 33.6 Å². The molecule has 1 saturated carbocycles. The van der Waals surface area contributed by atoms with E-state index < -0.39 is 15.1 Å². The van der Waals surface area contributed by atoms with Gasteiger partial charge in [-0.05, 0) is 57.1 Å². The number of hydrogen-bond acceptors (Lipinski definition) is 4. The number of fused-ring (bicyclic) bond motifs is 2. The quantitative estimate of drug-likeness (QED) is 0.454. The summed E-state index contributed by atoms with van der Waals surface area (Å²) >= 11 is -0.931. The number of anilines is 1. The molecular formula is C20H30Cl2N2O2Zn. The van der Waals surface area contributed by atoms with Crippen LogP contribution < -0.4 is 5.06 Å². The van der Waals surface area contributed by atoms with Gasteiger partial charge in [0.2, 0.25) is 0 Å². The van der Waals surface area contributed by atoms with E-state index >= 15 is 0 Å². The van der Waals surface area contributed by atoms with Gasteiger partial charge in [0.05, 0.1) is 11.7 Å². The Morgan fingerprint density at radius 3 is 2.41 bits per heavy atom. The Labute approximate surface area is 178 Å². The zero-order chi connectivity index (χ0) is 19.8. The molecule has 2 fully saturated rings. The Morgan fingerprint density at radius 2 is 1.67 bits per heavy atom. The molecular weight excluding hydrogens is 437 g/mol. The second-order valence-electron chi connectivity index (χ2n) is 7.52. The van der Waals surface area contributed by atoms with E-state index in [1.54, 1.807) is 5.06 Å². The van der Waals surface area contributed by atoms with Gasteiger partial charge in [0.1, 0.15) is 0 Å². The summed E-state index contributed by atoms with van der Waals surface area (Å²) in [6.45, 7) is 4.08. The van der Waals surface area contributed by atoms with Crippen LogP contribution in [-0.2, 0) is 15.1 Å². The molecule has 148 valence electrons. The van der Waals surface area contributed by atoms with Crippen molar-refractivity contribution in [2.24, 2.45) is 5.92 Å². The molecule has 0 aromatic heterocycles. The van der Waals surface area contributed by atoms with Crippen LogP contribution in [0.25, 0.3) is 6.08 Å². The zero-order valence-electron chi connectivity index (χ0n) is 16.3. The van der Waals surface area contributed by atoms with E-state index in [-0.39, 0.29) is 6.04 Å². The molecule has 4 rings (SSSR count). The molecule has 1 aromatic carbocycles. The Hall–Kier alpha value is -0.157. The summed E-state index contributed by atoms with van der Waals surface area (Å²) in [5.74, 6) is 0.792. The van der Waals surface area contributed by atoms with E-state index in [0.29, 0.717) is 12.1 Å². The van der Waals surface area contributed by atoms with Crippen LogP contribution in [0.5, 0.6) is 0 Å². The van der Waals surface area contributed by atoms with Crippen LogP contribution in [0.2, 0.25) is 0 Å². The molecule has 0 radical (unpaired) electrons. The normalized spacial score (nSPS) is 29.2. The molecule has 0 amide bonds. The number of nitrogens with zero attached hydrogens (tertiary/aromatic N) is 2. The minimum absolute atomic E-state index is 0.0694. The van der Waals surface area contributed by atoms with Gasteiger partial charge in [-0.15, -0.1) is 0 Å². The second kappa shape index (κ2) is 11.8. The molecule has 2 aliphatic heterocycles. The molecule has 0 spiro atoms. The van der Waals surface area contributed by atoms with Crippen molar-refractivity contribution >= 4 is 31.1 Å². The molecule has 1 saturated heterocycles. The van der Waals surface area contributed by atoms with Crippen molar-refractivity contribution in [3.8, 4) is 0 Å². The summed E-state index contributed by atoms with van der Waals surface area (Å²) in [7, 11) is 9.90. The van der Waals surface area contributed by atoms with Crippen molar-refractivity contribution in [1.29, 1.82) is 0 Å². The van der Waals surface area contributed by atoms with Gasteiger partial charge in [0.15, 0.2) is 0 Å². The summed E-state index contributed by atoms with van der Waals surface area (Å²) in [5, 5.41) is 22.3. The van der Waals surface area contributed by atoms with Gasteiger partial charge in [0.25, 0.3) is 0 Å². The van der Waals surface area contributed by atoms with Crippen LogP contribution in [0.1, 0.15) is 57.9 Å². The molecule has 4 unspecified atom stereocenters. The van der Waals surface area contributed by atoms with Gasteiger partial charge in [-0.2, -0.15) is 5.06 Å². The molecule has 1 aromatic rings. The third kappa shape index (κ3) is 6.42. The molecule has 27 heavy (non-hydrogen) atoms. The number of para-hydroxylation sites is 1. The van der Waals surface area contributed by atoms with E-state index in [2.05, 4.69) is 6.92 Å². The fourth-order valence-electron chi connectivity index (χ4n) is 4.17. The van der Waals surface area contributed by atoms with Crippen LogP contribution in [0.3, 0.4) is 0 Å². The number of rotatable bonds is 0. The third-order valence-corrected chi connectivity index (χ3v) is 5.74. The molecule has 0 bridgehead atoms. The summed E-state index contributed by atoms with van der Waals surface area (Å²) < 4.78 is 0. The average Bonchev–Trinajstić information content (AvgIpc) is 2.69. The predicted molar refractivity (Wildman–Crippen MR) is 109 cm³/mol. The first kappa shape index (κ1) is 23.1. The molecule has 2 N–H and O–H groups in total. The fraction of sp³-hybridized carbons (Fsp3) is 0.600. The topological polar surface area (TPSA) is 46.9 Å². The Bertz CT molecular complexity index is 603. The Balaban J connectivity index is 0.000000170. The number of benzene rings is 1. The second-order valence-corrected chi connectivity index (χ2v) is 12.1. The van der Waals surface area contributed by atoms with Gasteiger partial charge < -0.3 is 5.21 Å². The SMILES string of the molecule is CC1C=Cc2ccccc2N1O.CC1CCC2CCCCC2N1O.[Cl][Zn][Cl]. The average molecular weight is 467 g/mol. The minimum atomic E-state index is -0.931. The number of hydroxylamine groups is 3. The number of piperidine rings is 1. The van der Waals surface area contributed by atoms with Gasteiger partial charge in [0, 0.05) is 12.1 Å². The van der Waals surface area contributed by atoms with Crippen LogP contribution >= 0.6 is 19.4 Å². The van der Waals surface area contributed by atoms with Crippen molar-refractivity contribution in [2.75, 3.05) is 5.06 Å². The first-order chi connectivity index (χ1) is 13.0. The molecule has 7 heteroatoms. The number of halogens is 2. The molecule has 2 heterocycles. The van der Waals surface area contributed by atoms with E-state index in [0.717, 1.165) is 17.2 Å². The molecule has 3 aliphatic rings. The number of hydrogen-bond donors (Lipinski definition) is 2. The first-order valence-corrected chi connectivity index (χ1v) is 17.6. The van der Waals surface area contributed by atoms with Gasteiger partial charge in [-0.25, -0.2) is 5.06 Å². The van der Waals surface area contributed by atoms with Crippen molar-refractivity contribution in [3.05, 3.63) is 35.9 Å². The standard InChI is InChI=1S/C10H19NO.C10H11NO.2ClH.Zn/c2*1-8-6-7-9-4-2-3-5-10(9)11(8)12;;;/h8-10,12H,2-7H2,1H3;2-8,12H,1H3;2*1H;/q;;;;+2/p-2. The van der Waals surface area contributed by atoms with Crippen LogP contribution in [0.4, 0.5) is 5.69 Å². The van der Waals surface area contributed by atoms with E-state index in [1.165, 1.54) is 43.6 Å². The summed E-state index contributed by atoms with van der Waals surface area (Å²) in [6, 6.07) is 8.74. The summed E-state index contributed by atoms with van der Waals surface area (Å²) in [6.07, 6.45) is 11.8. The van der Waals surface area contributed by atoms with E-state index in [9.17, 15) is 10.4 Å². The third-order valence-electron chi connectivity index (χ3n) is 5.74. The van der Waals surface area contributed by atoms with Crippen molar-refractivity contribution in [1.82, 2.24) is 5.06 Å². The Morgan fingerprint density at radius 1 is 1.00 bits per heavy atom.